The highest BCUT2D eigenvalue weighted by atomic mass is 32.2. The molecule has 0 aliphatic carbocycles. The molecule has 1 aromatic heterocycles. The van der Waals surface area contributed by atoms with Crippen molar-refractivity contribution in [3.63, 3.8) is 0 Å². The molecule has 1 unspecified atom stereocenters. The Morgan fingerprint density at radius 2 is 1.44 bits per heavy atom. The van der Waals surface area contributed by atoms with Crippen LogP contribution in [0.1, 0.15) is 26.8 Å². The monoisotopic (exact) mass is 594 g/mol. The van der Waals surface area contributed by atoms with Crippen LogP contribution in [-0.4, -0.2) is 16.0 Å². The maximum absolute atomic E-state index is 13.7. The molecule has 5 aromatic rings. The average Bonchev–Trinajstić information content (AvgIpc) is 3.33. The number of aromatic nitrogens is 1. The van der Waals surface area contributed by atoms with Crippen molar-refractivity contribution in [2.75, 3.05) is 16.0 Å². The summed E-state index contributed by atoms with van der Waals surface area (Å²) < 4.78 is 0. The van der Waals surface area contributed by atoms with Gasteiger partial charge in [0.1, 0.15) is 5.25 Å². The highest BCUT2D eigenvalue weighted by Crippen LogP contribution is 2.38. The molecule has 1 heterocycles. The molecular weight excluding hydrogens is 565 g/mol. The van der Waals surface area contributed by atoms with Gasteiger partial charge in [0.2, 0.25) is 5.91 Å². The van der Waals surface area contributed by atoms with E-state index in [0.29, 0.717) is 10.2 Å². The van der Waals surface area contributed by atoms with Crippen LogP contribution in [0, 0.1) is 20.8 Å². The zero-order chi connectivity index (χ0) is 28.8. The van der Waals surface area contributed by atoms with E-state index in [0.717, 1.165) is 38.0 Å². The summed E-state index contributed by atoms with van der Waals surface area (Å²) in [5.41, 5.74) is 6.99. The summed E-state index contributed by atoms with van der Waals surface area (Å²) in [7, 11) is 0. The molecule has 41 heavy (non-hydrogen) atoms. The fourth-order valence-corrected chi connectivity index (χ4v) is 6.37. The molecule has 206 valence electrons. The Bertz CT molecular complexity index is 1650. The first-order chi connectivity index (χ1) is 19.8. The normalized spacial score (nSPS) is 11.5. The number of carbonyl (C=O) groups is 1. The van der Waals surface area contributed by atoms with Gasteiger partial charge in [-0.05, 0) is 68.9 Å². The second kappa shape index (κ2) is 13.1. The van der Waals surface area contributed by atoms with E-state index in [1.54, 1.807) is 0 Å². The van der Waals surface area contributed by atoms with Crippen molar-refractivity contribution in [3.05, 3.63) is 125 Å². The summed E-state index contributed by atoms with van der Waals surface area (Å²) in [5, 5.41) is 10.2. The molecule has 0 spiro atoms. The fourth-order valence-electron chi connectivity index (χ4n) is 4.21. The largest absolute Gasteiger partial charge is 0.332 e. The minimum atomic E-state index is -0.476. The first-order valence-corrected chi connectivity index (χ1v) is 15.3. The van der Waals surface area contributed by atoms with Crippen LogP contribution in [0.2, 0.25) is 0 Å². The standard InChI is InChI=1S/C33H30N4OS3/c1-21-12-16-24(17-13-21)29-23(3)40-33(36-29)37-31(38)30(25-8-5-4-6-9-25)41-28-11-7-10-27(20-28)35-32(39)34-26-18-14-22(2)15-19-26/h4-20,30H,1-3H3,(H2,34,35,39)(H,36,37,38). The summed E-state index contributed by atoms with van der Waals surface area (Å²) in [6, 6.07) is 34.0. The number of hydrogen-bond acceptors (Lipinski definition) is 5. The van der Waals surface area contributed by atoms with Crippen molar-refractivity contribution in [1.82, 2.24) is 4.98 Å². The van der Waals surface area contributed by atoms with Crippen LogP contribution in [0.3, 0.4) is 0 Å². The molecule has 0 fully saturated rings. The smallest absolute Gasteiger partial charge is 0.244 e. The van der Waals surface area contributed by atoms with Crippen molar-refractivity contribution < 1.29 is 4.79 Å². The Kier molecular flexibility index (Phi) is 9.14. The molecule has 0 aliphatic heterocycles. The SMILES string of the molecule is Cc1ccc(NC(=S)Nc2cccc(SC(C(=O)Nc3nc(-c4ccc(C)cc4)c(C)s3)c3ccccc3)c2)cc1. The predicted octanol–water partition coefficient (Wildman–Crippen LogP) is 9.02. The second-order valence-corrected chi connectivity index (χ2v) is 12.5. The lowest BCUT2D eigenvalue weighted by atomic mass is 10.1. The highest BCUT2D eigenvalue weighted by molar-refractivity contribution is 8.00. The maximum atomic E-state index is 13.7. The summed E-state index contributed by atoms with van der Waals surface area (Å²) in [4.78, 5) is 20.5. The topological polar surface area (TPSA) is 66.0 Å². The fraction of sp³-hybridized carbons (Fsp3) is 0.121. The van der Waals surface area contributed by atoms with Crippen LogP contribution in [-0.2, 0) is 4.79 Å². The summed E-state index contributed by atoms with van der Waals surface area (Å²) in [5.74, 6) is -0.125. The van der Waals surface area contributed by atoms with Crippen molar-refractivity contribution in [2.45, 2.75) is 30.9 Å². The van der Waals surface area contributed by atoms with E-state index in [2.05, 4.69) is 47.1 Å². The van der Waals surface area contributed by atoms with Gasteiger partial charge in [0.15, 0.2) is 10.2 Å². The Labute approximate surface area is 254 Å². The van der Waals surface area contributed by atoms with E-state index in [1.165, 1.54) is 34.2 Å². The van der Waals surface area contributed by atoms with Gasteiger partial charge in [-0.15, -0.1) is 23.1 Å². The van der Waals surface area contributed by atoms with Gasteiger partial charge in [-0.2, -0.15) is 0 Å². The lowest BCUT2D eigenvalue weighted by molar-refractivity contribution is -0.115. The number of nitrogens with zero attached hydrogens (tertiary/aromatic N) is 1. The van der Waals surface area contributed by atoms with Gasteiger partial charge in [-0.25, -0.2) is 4.98 Å². The number of aryl methyl sites for hydroxylation is 3. The van der Waals surface area contributed by atoms with Crippen LogP contribution in [0.5, 0.6) is 0 Å². The van der Waals surface area contributed by atoms with Crippen LogP contribution >= 0.6 is 35.3 Å². The molecule has 0 saturated heterocycles. The van der Waals surface area contributed by atoms with E-state index in [9.17, 15) is 4.79 Å². The molecule has 3 N–H and O–H groups in total. The highest BCUT2D eigenvalue weighted by Gasteiger charge is 2.24. The molecule has 5 rings (SSSR count). The Morgan fingerprint density at radius 3 is 2.15 bits per heavy atom. The third-order valence-electron chi connectivity index (χ3n) is 6.35. The molecule has 8 heteroatoms. The Hall–Kier alpha value is -3.98. The molecule has 1 atom stereocenters. The summed E-state index contributed by atoms with van der Waals surface area (Å²) in [6.45, 7) is 6.14. The third-order valence-corrected chi connectivity index (χ3v) is 8.69. The molecule has 0 aliphatic rings. The molecular formula is C33H30N4OS3. The molecule has 0 radical (unpaired) electrons. The van der Waals surface area contributed by atoms with Crippen molar-refractivity contribution in [2.24, 2.45) is 0 Å². The van der Waals surface area contributed by atoms with E-state index >= 15 is 0 Å². The first kappa shape index (κ1) is 28.5. The number of carbonyl (C=O) groups excluding carboxylic acids is 1. The number of amides is 1. The van der Waals surface area contributed by atoms with E-state index < -0.39 is 5.25 Å². The van der Waals surface area contributed by atoms with Crippen molar-refractivity contribution >= 4 is 62.8 Å². The van der Waals surface area contributed by atoms with E-state index in [1.807, 2.05) is 92.7 Å². The maximum Gasteiger partial charge on any atom is 0.244 e. The number of benzene rings is 4. The van der Waals surface area contributed by atoms with Crippen LogP contribution in [0.15, 0.2) is 108 Å². The van der Waals surface area contributed by atoms with Crippen LogP contribution < -0.4 is 16.0 Å². The number of anilines is 3. The number of thiocarbonyl (C=S) groups is 1. The quantitative estimate of drug-likeness (QED) is 0.123. The predicted molar refractivity (Wildman–Crippen MR) is 178 cm³/mol. The number of nitrogens with one attached hydrogen (secondary N) is 3. The van der Waals surface area contributed by atoms with Gasteiger partial charge in [0.25, 0.3) is 0 Å². The zero-order valence-electron chi connectivity index (χ0n) is 23.0. The third kappa shape index (κ3) is 7.61. The minimum Gasteiger partial charge on any atom is -0.332 e. The number of thioether (sulfide) groups is 1. The minimum absolute atomic E-state index is 0.125. The van der Waals surface area contributed by atoms with Crippen LogP contribution in [0.4, 0.5) is 16.5 Å². The van der Waals surface area contributed by atoms with Gasteiger partial charge in [-0.1, -0.05) is 83.9 Å². The number of thiazole rings is 1. The average molecular weight is 595 g/mol. The van der Waals surface area contributed by atoms with Gasteiger partial charge >= 0.3 is 0 Å². The lowest BCUT2D eigenvalue weighted by Crippen LogP contribution is -2.19. The van der Waals surface area contributed by atoms with Crippen molar-refractivity contribution in [1.29, 1.82) is 0 Å². The number of hydrogen-bond donors (Lipinski definition) is 3. The molecule has 0 bridgehead atoms. The second-order valence-electron chi connectivity index (χ2n) is 9.66. The summed E-state index contributed by atoms with van der Waals surface area (Å²) >= 11 is 8.50. The van der Waals surface area contributed by atoms with Gasteiger partial charge in [-0.3, -0.25) is 4.79 Å². The van der Waals surface area contributed by atoms with Gasteiger partial charge < -0.3 is 16.0 Å². The summed E-state index contributed by atoms with van der Waals surface area (Å²) in [6.07, 6.45) is 0. The first-order valence-electron chi connectivity index (χ1n) is 13.2. The van der Waals surface area contributed by atoms with Gasteiger partial charge in [0, 0.05) is 26.7 Å². The zero-order valence-corrected chi connectivity index (χ0v) is 25.4. The van der Waals surface area contributed by atoms with E-state index in [4.69, 9.17) is 17.2 Å². The van der Waals surface area contributed by atoms with Gasteiger partial charge in [0.05, 0.1) is 5.69 Å². The van der Waals surface area contributed by atoms with E-state index in [-0.39, 0.29) is 5.91 Å². The number of rotatable bonds is 8. The molecule has 1 amide bonds. The molecule has 5 nitrogen and oxygen atoms in total. The Morgan fingerprint density at radius 1 is 0.780 bits per heavy atom. The molecule has 0 saturated carbocycles. The van der Waals surface area contributed by atoms with Crippen LogP contribution in [0.25, 0.3) is 11.3 Å². The molecule has 4 aromatic carbocycles. The van der Waals surface area contributed by atoms with Crippen molar-refractivity contribution in [3.8, 4) is 11.3 Å². The Balaban J connectivity index is 1.32. The lowest BCUT2D eigenvalue weighted by Gasteiger charge is -2.17.